The largest absolute Gasteiger partial charge is 1.00 e. The van der Waals surface area contributed by atoms with Gasteiger partial charge in [0.1, 0.15) is 22.4 Å². The number of nitrogens with one attached hydrogen (secondary N) is 1. The molecule has 5 aromatic rings. The van der Waals surface area contributed by atoms with E-state index in [9.17, 15) is 18.2 Å². The molecule has 0 heterocycles. The monoisotopic (exact) mass is 853 g/mol. The molecule has 60 heavy (non-hydrogen) atoms. The van der Waals surface area contributed by atoms with Crippen LogP contribution in [-0.4, -0.2) is 43.0 Å². The molecule has 0 radical (unpaired) electrons. The van der Waals surface area contributed by atoms with E-state index < -0.39 is 10.1 Å². The number of aryl methyl sites for hydroxylation is 1. The molecule has 0 aliphatic heterocycles. The van der Waals surface area contributed by atoms with Crippen molar-refractivity contribution in [2.45, 2.75) is 57.5 Å². The van der Waals surface area contributed by atoms with Gasteiger partial charge in [-0.25, -0.2) is 13.0 Å². The normalized spacial score (nSPS) is 14.2. The van der Waals surface area contributed by atoms with E-state index in [1.54, 1.807) is 6.07 Å². The summed E-state index contributed by atoms with van der Waals surface area (Å²) in [5.41, 5.74) is 12.3. The first kappa shape index (κ1) is 46.6. The van der Waals surface area contributed by atoms with Crippen molar-refractivity contribution in [3.63, 3.8) is 0 Å². The van der Waals surface area contributed by atoms with Crippen molar-refractivity contribution in [3.05, 3.63) is 172 Å². The molecule has 0 saturated heterocycles. The van der Waals surface area contributed by atoms with Crippen LogP contribution in [0.4, 0.5) is 17.1 Å². The average Bonchev–Trinajstić information content (AvgIpc) is 3.23. The van der Waals surface area contributed by atoms with Gasteiger partial charge in [0.2, 0.25) is 0 Å². The van der Waals surface area contributed by atoms with E-state index in [2.05, 4.69) is 113 Å². The standard InChI is InChI=1S/C47H49N3O7S2.Na/c1-6-49(31-35-11-9-13-43(29-35)58-57-56-51)40-21-25-45(33(4)27-40)47(37-15-17-38(18-16-37)48-39-19-23-42(24-20-39)55-8-3)46-26-22-41(28-34(46)5)50(7-2)32-36-12-10-14-44(30-36)59(52,53)54;/h9-30H,6-8,31-32H2,1-5H3,(H2,51,52,53,54);/q;+1/p-1. The Morgan fingerprint density at radius 1 is 0.833 bits per heavy atom. The molecule has 306 valence electrons. The zero-order valence-corrected chi connectivity index (χ0v) is 38.4. The van der Waals surface area contributed by atoms with Crippen molar-refractivity contribution in [2.24, 2.45) is 0 Å². The minimum absolute atomic E-state index is 0. The molecule has 13 heteroatoms. The minimum atomic E-state index is -4.56. The maximum atomic E-state index is 11.7. The van der Waals surface area contributed by atoms with Crippen LogP contribution in [0.25, 0.3) is 5.57 Å². The van der Waals surface area contributed by atoms with Gasteiger partial charge in [-0.2, -0.15) is 4.33 Å². The molecule has 0 atom stereocenters. The molecule has 10 nitrogen and oxygen atoms in total. The van der Waals surface area contributed by atoms with Gasteiger partial charge in [0.15, 0.2) is 12.3 Å². The van der Waals surface area contributed by atoms with E-state index in [0.29, 0.717) is 26.2 Å². The van der Waals surface area contributed by atoms with Crippen molar-refractivity contribution < 1.29 is 66.5 Å². The predicted octanol–water partition coefficient (Wildman–Crippen LogP) is 6.29. The summed E-state index contributed by atoms with van der Waals surface area (Å²) in [6.07, 6.45) is 6.43. The van der Waals surface area contributed by atoms with Crippen molar-refractivity contribution in [3.8, 4) is 5.75 Å². The van der Waals surface area contributed by atoms with Crippen LogP contribution in [0.5, 0.6) is 5.75 Å². The summed E-state index contributed by atoms with van der Waals surface area (Å²) in [6.45, 7) is 13.6. The number of rotatable bonds is 17. The molecular formula is C47H48N3NaO7S2. The van der Waals surface area contributed by atoms with Crippen molar-refractivity contribution in [2.75, 3.05) is 29.9 Å². The number of nitrogens with zero attached hydrogens (tertiary/aromatic N) is 2. The molecule has 0 fully saturated rings. The molecule has 0 bridgehead atoms. The zero-order valence-electron chi connectivity index (χ0n) is 34.8. The summed E-state index contributed by atoms with van der Waals surface area (Å²) in [5, 5.41) is 17.4. The van der Waals surface area contributed by atoms with Gasteiger partial charge in [-0.3, -0.25) is 5.04 Å². The summed E-state index contributed by atoms with van der Waals surface area (Å²) in [5.74, 6) is 0.828. The molecule has 1 aliphatic rings. The maximum absolute atomic E-state index is 11.7. The number of anilines is 3. The predicted molar refractivity (Wildman–Crippen MR) is 233 cm³/mol. The van der Waals surface area contributed by atoms with Gasteiger partial charge in [-0.15, -0.1) is 0 Å². The van der Waals surface area contributed by atoms with E-state index in [1.807, 2.05) is 61.5 Å². The summed E-state index contributed by atoms with van der Waals surface area (Å²) in [6, 6.07) is 37.0. The fourth-order valence-electron chi connectivity index (χ4n) is 7.15. The minimum Gasteiger partial charge on any atom is -0.744 e. The molecule has 0 saturated carbocycles. The smallest absolute Gasteiger partial charge is 0.744 e. The van der Waals surface area contributed by atoms with E-state index in [4.69, 9.17) is 4.74 Å². The molecular weight excluding hydrogens is 806 g/mol. The Morgan fingerprint density at radius 3 is 2.17 bits per heavy atom. The Morgan fingerprint density at radius 2 is 1.53 bits per heavy atom. The van der Waals surface area contributed by atoms with Crippen LogP contribution in [0.1, 0.15) is 55.5 Å². The fourth-order valence-corrected chi connectivity index (χ4v) is 8.14. The van der Waals surface area contributed by atoms with E-state index in [1.165, 1.54) is 12.1 Å². The summed E-state index contributed by atoms with van der Waals surface area (Å²) >= 11 is 0.880. The quantitative estimate of drug-likeness (QED) is 0.0285. The number of hydrogen-bond acceptors (Lipinski definition) is 10. The Hall–Kier alpha value is -4.47. The molecule has 6 rings (SSSR count). The number of benzene rings is 5. The van der Waals surface area contributed by atoms with E-state index >= 15 is 0 Å². The molecule has 0 unspecified atom stereocenters. The Labute approximate surface area is 380 Å². The molecule has 0 amide bonds. The van der Waals surface area contributed by atoms with Gasteiger partial charge in [0.25, 0.3) is 0 Å². The van der Waals surface area contributed by atoms with E-state index in [-0.39, 0.29) is 34.5 Å². The summed E-state index contributed by atoms with van der Waals surface area (Å²) in [7, 11) is -4.56. The first-order valence-electron chi connectivity index (χ1n) is 19.5. The zero-order chi connectivity index (χ0) is 41.9. The number of ether oxygens (including phenoxy) is 1. The third kappa shape index (κ3) is 12.1. The number of hydrogen-bond donors (Lipinski definition) is 1. The van der Waals surface area contributed by atoms with Crippen LogP contribution >= 0.6 is 12.0 Å². The second-order valence-electron chi connectivity index (χ2n) is 14.0. The van der Waals surface area contributed by atoms with Gasteiger partial charge in [-0.05, 0) is 152 Å². The molecule has 1 N–H and O–H groups in total. The van der Waals surface area contributed by atoms with Gasteiger partial charge >= 0.3 is 29.6 Å². The topological polar surface area (TPSA) is 126 Å². The third-order valence-corrected chi connectivity index (χ3v) is 11.5. The Bertz CT molecular complexity index is 2500. The second-order valence-corrected chi connectivity index (χ2v) is 16.2. The first-order valence-corrected chi connectivity index (χ1v) is 21.6. The van der Waals surface area contributed by atoms with E-state index in [0.717, 1.165) is 96.5 Å². The molecule has 5 aromatic carbocycles. The molecule has 1 aliphatic carbocycles. The average molecular weight is 854 g/mol. The van der Waals surface area contributed by atoms with Crippen LogP contribution < -0.4 is 49.8 Å². The Kier molecular flexibility index (Phi) is 17.0. The van der Waals surface area contributed by atoms with Crippen LogP contribution in [0.15, 0.2) is 154 Å². The van der Waals surface area contributed by atoms with Crippen molar-refractivity contribution in [1.29, 1.82) is 0 Å². The molecule has 0 spiro atoms. The van der Waals surface area contributed by atoms with Gasteiger partial charge in [-0.1, -0.05) is 42.5 Å². The fraction of sp³-hybridized carbons (Fsp3) is 0.213. The molecule has 0 aromatic heterocycles. The number of allylic oxidation sites excluding steroid dienone is 5. The second kappa shape index (κ2) is 21.9. The summed E-state index contributed by atoms with van der Waals surface area (Å²) < 4.78 is 47.5. The Balaban J connectivity index is 0.00000683. The maximum Gasteiger partial charge on any atom is 1.00 e. The van der Waals surface area contributed by atoms with Gasteiger partial charge in [0.05, 0.1) is 23.5 Å². The summed E-state index contributed by atoms with van der Waals surface area (Å²) in [4.78, 5) is 2.84. The van der Waals surface area contributed by atoms with Crippen LogP contribution in [0.3, 0.4) is 0 Å². The van der Waals surface area contributed by atoms with Gasteiger partial charge < -0.3 is 24.8 Å². The van der Waals surface area contributed by atoms with Crippen LogP contribution in [0.2, 0.25) is 0 Å². The van der Waals surface area contributed by atoms with Crippen LogP contribution in [-0.2, 0) is 32.6 Å². The van der Waals surface area contributed by atoms with Crippen LogP contribution in [0, 0.1) is 6.92 Å². The van der Waals surface area contributed by atoms with Crippen molar-refractivity contribution >= 4 is 50.5 Å². The van der Waals surface area contributed by atoms with Crippen molar-refractivity contribution in [1.82, 2.24) is 0 Å². The first-order chi connectivity index (χ1) is 28.5. The SMILES string of the molecule is CCOc1ccc(Nc2ccc(C(=C3C=CC(=[N+](CC)Cc4cccc(S(=O)(=O)[O-])c4)C=C3C)c3ccc(N(CC)Cc4cccc(SOO[O-])c4)cc3C)cc2)cc1.[Na+]. The third-order valence-electron chi connectivity index (χ3n) is 10.1. The van der Waals surface area contributed by atoms with Gasteiger partial charge in [0, 0.05) is 52.8 Å².